The third-order valence-corrected chi connectivity index (χ3v) is 7.82. The molecule has 1 N–H and O–H groups in total. The Bertz CT molecular complexity index is 1160. The van der Waals surface area contributed by atoms with E-state index in [4.69, 9.17) is 0 Å². The highest BCUT2D eigenvalue weighted by Crippen LogP contribution is 2.44. The summed E-state index contributed by atoms with van der Waals surface area (Å²) >= 11 is 0. The third kappa shape index (κ3) is 4.25. The normalized spacial score (nSPS) is 22.1. The van der Waals surface area contributed by atoms with Gasteiger partial charge >= 0.3 is 0 Å². The molecule has 0 radical (unpaired) electrons. The number of anilines is 2. The van der Waals surface area contributed by atoms with Crippen LogP contribution < -0.4 is 15.1 Å². The molecule has 0 aromatic heterocycles. The number of rotatable bonds is 5. The number of carbonyl (C=O) groups is 2. The third-order valence-electron chi connectivity index (χ3n) is 7.82. The van der Waals surface area contributed by atoms with Crippen LogP contribution in [0.15, 0.2) is 49.0 Å². The largest absolute Gasteiger partial charge is 0.369 e. The minimum atomic E-state index is -0.0144. The highest BCUT2D eigenvalue weighted by atomic mass is 16.2. The van der Waals surface area contributed by atoms with E-state index < -0.39 is 0 Å². The Morgan fingerprint density at radius 3 is 2.14 bits per heavy atom. The Kier molecular flexibility index (Phi) is 5.64. The number of nitrogens with one attached hydrogen (secondary N) is 1. The van der Waals surface area contributed by atoms with Crippen LogP contribution in [0.5, 0.6) is 0 Å². The van der Waals surface area contributed by atoms with Crippen molar-refractivity contribution in [2.75, 3.05) is 42.5 Å². The second-order valence-electron chi connectivity index (χ2n) is 10.5. The zero-order valence-corrected chi connectivity index (χ0v) is 20.5. The minimum absolute atomic E-state index is 0.0144. The summed E-state index contributed by atoms with van der Waals surface area (Å²) in [6.07, 6.45) is 3.90. The molecule has 2 aromatic rings. The molecule has 2 saturated carbocycles. The molecular weight excluding hydrogens is 436 g/mol. The van der Waals surface area contributed by atoms with E-state index in [-0.39, 0.29) is 29.7 Å². The lowest BCUT2D eigenvalue weighted by Gasteiger charge is -2.41. The van der Waals surface area contributed by atoms with Gasteiger partial charge in [0.15, 0.2) is 0 Å². The summed E-state index contributed by atoms with van der Waals surface area (Å²) in [6.45, 7) is 10.9. The first-order chi connectivity index (χ1) is 17.0. The number of amides is 2. The number of hydrogen-bond acceptors (Lipinski definition) is 4. The summed E-state index contributed by atoms with van der Waals surface area (Å²) in [7, 11) is 0. The van der Waals surface area contributed by atoms with E-state index in [2.05, 4.69) is 60.1 Å². The van der Waals surface area contributed by atoms with Crippen molar-refractivity contribution in [2.24, 2.45) is 11.8 Å². The lowest BCUT2D eigenvalue weighted by atomic mass is 9.98. The van der Waals surface area contributed by atoms with Crippen molar-refractivity contribution in [3.8, 4) is 11.1 Å². The van der Waals surface area contributed by atoms with Crippen molar-refractivity contribution in [1.82, 2.24) is 10.2 Å². The highest BCUT2D eigenvalue weighted by Gasteiger charge is 2.43. The Labute approximate surface area is 207 Å². The number of piperazine rings is 1. The zero-order chi connectivity index (χ0) is 24.1. The molecule has 6 nitrogen and oxygen atoms in total. The molecule has 1 atom stereocenters. The summed E-state index contributed by atoms with van der Waals surface area (Å²) < 4.78 is 0. The molecule has 1 unspecified atom stereocenters. The lowest BCUT2D eigenvalue weighted by molar-refractivity contribution is -0.122. The topological polar surface area (TPSA) is 55.9 Å². The zero-order valence-electron chi connectivity index (χ0n) is 20.5. The molecule has 4 aliphatic rings. The van der Waals surface area contributed by atoms with Gasteiger partial charge in [0.05, 0.1) is 17.4 Å². The second-order valence-corrected chi connectivity index (χ2v) is 10.5. The van der Waals surface area contributed by atoms with Crippen LogP contribution >= 0.6 is 0 Å². The number of fused-ring (bicyclic) bond motifs is 1. The van der Waals surface area contributed by atoms with E-state index >= 15 is 0 Å². The van der Waals surface area contributed by atoms with E-state index in [1.165, 1.54) is 0 Å². The van der Waals surface area contributed by atoms with Crippen LogP contribution in [0.25, 0.3) is 16.8 Å². The summed E-state index contributed by atoms with van der Waals surface area (Å²) in [6, 6.07) is 14.8. The van der Waals surface area contributed by atoms with Crippen molar-refractivity contribution in [3.05, 3.63) is 54.6 Å². The summed E-state index contributed by atoms with van der Waals surface area (Å²) in [5.74, 6) is 0.698. The summed E-state index contributed by atoms with van der Waals surface area (Å²) in [4.78, 5) is 32.6. The molecule has 3 fully saturated rings. The van der Waals surface area contributed by atoms with Gasteiger partial charge in [-0.1, -0.05) is 36.9 Å². The quantitative estimate of drug-likeness (QED) is 0.714. The number of carbonyl (C=O) groups excluding carboxylic acids is 2. The molecule has 35 heavy (non-hydrogen) atoms. The van der Waals surface area contributed by atoms with Gasteiger partial charge in [0, 0.05) is 50.3 Å². The van der Waals surface area contributed by atoms with Gasteiger partial charge in [-0.2, -0.15) is 0 Å². The average molecular weight is 471 g/mol. The Hall–Kier alpha value is -3.12. The Morgan fingerprint density at radius 1 is 0.857 bits per heavy atom. The average Bonchev–Trinajstić information content (AvgIpc) is 3.80. The molecule has 0 spiro atoms. The molecule has 2 aromatic carbocycles. The lowest BCUT2D eigenvalue weighted by Crippen LogP contribution is -2.52. The van der Waals surface area contributed by atoms with E-state index in [0.29, 0.717) is 6.54 Å². The van der Waals surface area contributed by atoms with E-state index in [9.17, 15) is 9.59 Å². The monoisotopic (exact) mass is 470 g/mol. The standard InChI is InChI=1S/C29H34N4O2/c1-19-18-32(28(34)23-7-8-23)27-17-25(11-12-26(27)33(19)29(35)24-9-10-24)22-5-3-21(4-6-22)20(2)31-15-13-30-14-16-31/h3-6,11-12,17,19,23-24,30H,2,7-10,13-16,18H2,1H3. The van der Waals surface area contributed by atoms with Crippen LogP contribution in [0.2, 0.25) is 0 Å². The fourth-order valence-electron chi connectivity index (χ4n) is 5.40. The van der Waals surface area contributed by atoms with Crippen molar-refractivity contribution in [2.45, 2.75) is 38.6 Å². The molecule has 6 heteroatoms. The van der Waals surface area contributed by atoms with Crippen LogP contribution in [-0.4, -0.2) is 55.5 Å². The van der Waals surface area contributed by atoms with Crippen molar-refractivity contribution >= 4 is 28.9 Å². The predicted octanol–water partition coefficient (Wildman–Crippen LogP) is 4.12. The van der Waals surface area contributed by atoms with Gasteiger partial charge in [-0.15, -0.1) is 0 Å². The number of hydrogen-bond donors (Lipinski definition) is 1. The first kappa shape index (κ1) is 22.4. The van der Waals surface area contributed by atoms with Gasteiger partial charge in [-0.25, -0.2) is 0 Å². The van der Waals surface area contributed by atoms with Gasteiger partial charge in [0.1, 0.15) is 0 Å². The molecule has 6 rings (SSSR count). The molecule has 2 heterocycles. The van der Waals surface area contributed by atoms with Gasteiger partial charge in [-0.05, 0) is 61.4 Å². The van der Waals surface area contributed by atoms with E-state index in [1.54, 1.807) is 0 Å². The van der Waals surface area contributed by atoms with Crippen LogP contribution in [0.1, 0.15) is 38.2 Å². The van der Waals surface area contributed by atoms with Crippen LogP contribution in [0, 0.1) is 11.8 Å². The first-order valence-electron chi connectivity index (χ1n) is 13.0. The number of nitrogens with zero attached hydrogens (tertiary/aromatic N) is 3. The first-order valence-corrected chi connectivity index (χ1v) is 13.0. The van der Waals surface area contributed by atoms with Crippen molar-refractivity contribution in [1.29, 1.82) is 0 Å². The Balaban J connectivity index is 1.32. The summed E-state index contributed by atoms with van der Waals surface area (Å²) in [5.41, 5.74) is 6.11. The molecular formula is C29H34N4O2. The molecule has 2 aliphatic carbocycles. The van der Waals surface area contributed by atoms with Crippen molar-refractivity contribution < 1.29 is 9.59 Å². The molecule has 182 valence electrons. The minimum Gasteiger partial charge on any atom is -0.369 e. The Morgan fingerprint density at radius 2 is 1.49 bits per heavy atom. The molecule has 0 bridgehead atoms. The van der Waals surface area contributed by atoms with Crippen LogP contribution in [0.4, 0.5) is 11.4 Å². The van der Waals surface area contributed by atoms with E-state index in [0.717, 1.165) is 85.6 Å². The molecule has 1 saturated heterocycles. The van der Waals surface area contributed by atoms with Gasteiger partial charge in [0.25, 0.3) is 0 Å². The maximum atomic E-state index is 13.2. The maximum absolute atomic E-state index is 13.2. The fourth-order valence-corrected chi connectivity index (χ4v) is 5.40. The summed E-state index contributed by atoms with van der Waals surface area (Å²) in [5, 5.41) is 3.39. The maximum Gasteiger partial charge on any atom is 0.230 e. The van der Waals surface area contributed by atoms with Crippen molar-refractivity contribution in [3.63, 3.8) is 0 Å². The van der Waals surface area contributed by atoms with Gasteiger partial charge in [0.2, 0.25) is 11.8 Å². The van der Waals surface area contributed by atoms with Gasteiger partial charge < -0.3 is 20.0 Å². The second kappa shape index (κ2) is 8.83. The van der Waals surface area contributed by atoms with Gasteiger partial charge in [-0.3, -0.25) is 9.59 Å². The van der Waals surface area contributed by atoms with E-state index in [1.807, 2.05) is 15.9 Å². The number of benzene rings is 2. The fraction of sp³-hybridized carbons (Fsp3) is 0.448. The van der Waals surface area contributed by atoms with Crippen LogP contribution in [-0.2, 0) is 9.59 Å². The molecule has 2 amide bonds. The highest BCUT2D eigenvalue weighted by molar-refractivity contribution is 6.07. The SMILES string of the molecule is C=C(c1ccc(-c2ccc3c(c2)N(C(=O)C2CC2)CC(C)N3C(=O)C2CC2)cc1)N1CCNCC1. The van der Waals surface area contributed by atoms with Crippen LogP contribution in [0.3, 0.4) is 0 Å². The predicted molar refractivity (Wildman–Crippen MR) is 140 cm³/mol. The molecule has 2 aliphatic heterocycles. The smallest absolute Gasteiger partial charge is 0.230 e.